The van der Waals surface area contributed by atoms with Crippen LogP contribution in [0.3, 0.4) is 0 Å². The molecule has 1 aromatic carbocycles. The molecule has 1 amide bonds. The summed E-state index contributed by atoms with van der Waals surface area (Å²) in [6.45, 7) is 7.37. The molecular formula is C18H25FN6O2. The van der Waals surface area contributed by atoms with Gasteiger partial charge in [0.1, 0.15) is 11.5 Å². The van der Waals surface area contributed by atoms with Gasteiger partial charge in [-0.2, -0.15) is 9.86 Å². The van der Waals surface area contributed by atoms with Gasteiger partial charge in [-0.25, -0.2) is 4.39 Å². The van der Waals surface area contributed by atoms with E-state index in [4.69, 9.17) is 4.84 Å². The van der Waals surface area contributed by atoms with Gasteiger partial charge in [-0.15, -0.1) is 10.2 Å². The van der Waals surface area contributed by atoms with Crippen molar-refractivity contribution >= 4 is 11.6 Å². The first kappa shape index (κ1) is 19.4. The van der Waals surface area contributed by atoms with Crippen LogP contribution in [0.4, 0.5) is 10.1 Å². The number of halogens is 1. The summed E-state index contributed by atoms with van der Waals surface area (Å²) in [5.41, 5.74) is 0.149. The first-order valence-corrected chi connectivity index (χ1v) is 9.16. The molecule has 0 saturated carbocycles. The third-order valence-electron chi connectivity index (χ3n) is 4.95. The highest BCUT2D eigenvalue weighted by atomic mass is 19.1. The molecular weight excluding hydrogens is 351 g/mol. The summed E-state index contributed by atoms with van der Waals surface area (Å²) in [4.78, 5) is 21.6. The van der Waals surface area contributed by atoms with E-state index in [-0.39, 0.29) is 11.6 Å². The molecule has 146 valence electrons. The zero-order valence-corrected chi connectivity index (χ0v) is 15.7. The van der Waals surface area contributed by atoms with Gasteiger partial charge in [-0.05, 0) is 42.1 Å². The van der Waals surface area contributed by atoms with Gasteiger partial charge in [0.05, 0.1) is 13.2 Å². The summed E-state index contributed by atoms with van der Waals surface area (Å²) < 4.78 is 14.0. The predicted molar refractivity (Wildman–Crippen MR) is 97.0 cm³/mol. The monoisotopic (exact) mass is 376 g/mol. The molecule has 27 heavy (non-hydrogen) atoms. The highest BCUT2D eigenvalue weighted by molar-refractivity contribution is 5.89. The lowest BCUT2D eigenvalue weighted by molar-refractivity contribution is -0.125. The van der Waals surface area contributed by atoms with Gasteiger partial charge in [0.25, 0.3) is 0 Å². The van der Waals surface area contributed by atoms with Crippen LogP contribution in [0.2, 0.25) is 0 Å². The second kappa shape index (κ2) is 9.01. The average Bonchev–Trinajstić information content (AvgIpc) is 3.16. The SMILES string of the molecule is CC(=O)N(OC[C@@H]1CCN(CCn2ncnn2)C[C@H]1C)c1ccccc1F. The topological polar surface area (TPSA) is 76.4 Å². The van der Waals surface area contributed by atoms with Crippen LogP contribution in [0.1, 0.15) is 20.3 Å². The first-order chi connectivity index (χ1) is 13.0. The molecule has 0 unspecified atom stereocenters. The standard InChI is InChI=1S/C18H25FN6O2/c1-14-11-23(9-10-24-21-13-20-22-24)8-7-16(14)12-27-25(15(2)26)18-6-4-3-5-17(18)19/h3-6,13-14,16H,7-12H2,1-2H3/t14-,16+/m1/s1. The number of aromatic nitrogens is 4. The van der Waals surface area contributed by atoms with Crippen LogP contribution in [0.25, 0.3) is 0 Å². The van der Waals surface area contributed by atoms with Crippen molar-refractivity contribution in [2.75, 3.05) is 31.3 Å². The number of nitrogens with zero attached hydrogens (tertiary/aromatic N) is 6. The fourth-order valence-corrected chi connectivity index (χ4v) is 3.37. The van der Waals surface area contributed by atoms with Crippen molar-refractivity contribution in [1.29, 1.82) is 0 Å². The van der Waals surface area contributed by atoms with Crippen molar-refractivity contribution in [2.24, 2.45) is 11.8 Å². The lowest BCUT2D eigenvalue weighted by Gasteiger charge is -2.37. The normalized spacial score (nSPS) is 20.6. The molecule has 3 rings (SSSR count). The lowest BCUT2D eigenvalue weighted by atomic mass is 9.87. The first-order valence-electron chi connectivity index (χ1n) is 9.16. The molecule has 0 aliphatic carbocycles. The number of rotatable bonds is 7. The van der Waals surface area contributed by atoms with Crippen molar-refractivity contribution in [3.8, 4) is 0 Å². The minimum atomic E-state index is -0.475. The fraction of sp³-hybridized carbons (Fsp3) is 0.556. The maximum Gasteiger partial charge on any atom is 0.247 e. The molecule has 8 nitrogen and oxygen atoms in total. The van der Waals surface area contributed by atoms with E-state index in [1.807, 2.05) is 0 Å². The van der Waals surface area contributed by atoms with E-state index >= 15 is 0 Å². The number of benzene rings is 1. The summed E-state index contributed by atoms with van der Waals surface area (Å²) in [5.74, 6) is -0.112. The van der Waals surface area contributed by atoms with Crippen LogP contribution >= 0.6 is 0 Å². The predicted octanol–water partition coefficient (Wildman–Crippen LogP) is 1.75. The molecule has 2 aromatic rings. The molecule has 1 aliphatic rings. The van der Waals surface area contributed by atoms with Gasteiger partial charge < -0.3 is 4.90 Å². The van der Waals surface area contributed by atoms with Crippen LogP contribution in [-0.2, 0) is 16.2 Å². The van der Waals surface area contributed by atoms with Gasteiger partial charge in [0.15, 0.2) is 6.33 Å². The molecule has 0 N–H and O–H groups in total. The Balaban J connectivity index is 1.50. The lowest BCUT2D eigenvalue weighted by Crippen LogP contribution is -2.43. The Morgan fingerprint density at radius 2 is 2.19 bits per heavy atom. The van der Waals surface area contributed by atoms with E-state index in [0.717, 1.165) is 31.1 Å². The number of tetrazole rings is 1. The number of carbonyl (C=O) groups excluding carboxylic acids is 1. The Kier molecular flexibility index (Phi) is 6.46. The van der Waals surface area contributed by atoms with Gasteiger partial charge in [0, 0.05) is 20.0 Å². The average molecular weight is 376 g/mol. The molecule has 2 atom stereocenters. The minimum Gasteiger partial charge on any atom is -0.301 e. The van der Waals surface area contributed by atoms with Crippen molar-refractivity contribution in [1.82, 2.24) is 25.1 Å². The third-order valence-corrected chi connectivity index (χ3v) is 4.95. The summed E-state index contributed by atoms with van der Waals surface area (Å²) in [7, 11) is 0. The smallest absolute Gasteiger partial charge is 0.247 e. The zero-order valence-electron chi connectivity index (χ0n) is 15.7. The summed E-state index contributed by atoms with van der Waals surface area (Å²) in [5, 5.41) is 12.7. The number of piperidine rings is 1. The number of carbonyl (C=O) groups is 1. The molecule has 0 spiro atoms. The summed E-state index contributed by atoms with van der Waals surface area (Å²) in [6.07, 6.45) is 2.39. The van der Waals surface area contributed by atoms with Crippen molar-refractivity contribution < 1.29 is 14.0 Å². The van der Waals surface area contributed by atoms with Crippen LogP contribution in [0.5, 0.6) is 0 Å². The molecule has 1 fully saturated rings. The zero-order chi connectivity index (χ0) is 19.2. The Hall–Kier alpha value is -2.39. The van der Waals surface area contributed by atoms with Crippen molar-refractivity contribution in [2.45, 2.75) is 26.8 Å². The van der Waals surface area contributed by atoms with Crippen molar-refractivity contribution in [3.05, 3.63) is 36.4 Å². The quantitative estimate of drug-likeness (QED) is 0.686. The van der Waals surface area contributed by atoms with Crippen LogP contribution in [0, 0.1) is 17.7 Å². The molecule has 9 heteroatoms. The Labute approximate surface area is 157 Å². The molecule has 0 radical (unpaired) electrons. The van der Waals surface area contributed by atoms with Gasteiger partial charge in [0.2, 0.25) is 5.91 Å². The van der Waals surface area contributed by atoms with E-state index in [0.29, 0.717) is 25.0 Å². The fourth-order valence-electron chi connectivity index (χ4n) is 3.37. The number of hydrogen-bond donors (Lipinski definition) is 0. The molecule has 0 bridgehead atoms. The second-order valence-electron chi connectivity index (χ2n) is 6.92. The number of hydrogen-bond acceptors (Lipinski definition) is 6. The van der Waals surface area contributed by atoms with Crippen LogP contribution < -0.4 is 5.06 Å². The van der Waals surface area contributed by atoms with Gasteiger partial charge >= 0.3 is 0 Å². The molecule has 1 aliphatic heterocycles. The summed E-state index contributed by atoms with van der Waals surface area (Å²) in [6, 6.07) is 6.13. The molecule has 1 saturated heterocycles. The van der Waals surface area contributed by atoms with Crippen LogP contribution in [-0.4, -0.2) is 57.3 Å². The van der Waals surface area contributed by atoms with Crippen LogP contribution in [0.15, 0.2) is 30.6 Å². The van der Waals surface area contributed by atoms with E-state index < -0.39 is 5.82 Å². The minimum absolute atomic E-state index is 0.149. The highest BCUT2D eigenvalue weighted by Gasteiger charge is 2.28. The van der Waals surface area contributed by atoms with Crippen molar-refractivity contribution in [3.63, 3.8) is 0 Å². The number of hydroxylamine groups is 1. The number of amides is 1. The molecule has 1 aromatic heterocycles. The van der Waals surface area contributed by atoms with Gasteiger partial charge in [-0.1, -0.05) is 19.1 Å². The maximum atomic E-state index is 14.0. The molecule has 2 heterocycles. The number of anilines is 1. The Morgan fingerprint density at radius 1 is 1.37 bits per heavy atom. The van der Waals surface area contributed by atoms with E-state index in [1.54, 1.807) is 23.0 Å². The van der Waals surface area contributed by atoms with E-state index in [2.05, 4.69) is 27.2 Å². The second-order valence-corrected chi connectivity index (χ2v) is 6.92. The maximum absolute atomic E-state index is 14.0. The highest BCUT2D eigenvalue weighted by Crippen LogP contribution is 2.26. The Bertz CT molecular complexity index is 741. The van der Waals surface area contributed by atoms with E-state index in [1.165, 1.54) is 19.3 Å². The van der Waals surface area contributed by atoms with E-state index in [9.17, 15) is 9.18 Å². The Morgan fingerprint density at radius 3 is 2.85 bits per heavy atom. The summed E-state index contributed by atoms with van der Waals surface area (Å²) >= 11 is 0. The number of para-hydroxylation sites is 1. The largest absolute Gasteiger partial charge is 0.301 e. The number of likely N-dealkylation sites (tertiary alicyclic amines) is 1. The van der Waals surface area contributed by atoms with Gasteiger partial charge in [-0.3, -0.25) is 9.63 Å². The third kappa shape index (κ3) is 5.08.